The molecule has 1 aromatic carbocycles. The smallest absolute Gasteiger partial charge is 0.357 e. The van der Waals surface area contributed by atoms with Gasteiger partial charge in [-0.3, -0.25) is 0 Å². The molecule has 1 heterocycles. The lowest BCUT2D eigenvalue weighted by molar-refractivity contribution is 0.0595. The van der Waals surface area contributed by atoms with Gasteiger partial charge in [-0.05, 0) is 19.1 Å². The zero-order valence-electron chi connectivity index (χ0n) is 11.7. The zero-order valence-corrected chi connectivity index (χ0v) is 12.5. The third-order valence-electron chi connectivity index (χ3n) is 2.90. The highest BCUT2D eigenvalue weighted by Gasteiger charge is 2.15. The van der Waals surface area contributed by atoms with E-state index in [1.807, 2.05) is 19.1 Å². The molecule has 20 heavy (non-hydrogen) atoms. The summed E-state index contributed by atoms with van der Waals surface area (Å²) in [5.74, 6) is 0.988. The van der Waals surface area contributed by atoms with Gasteiger partial charge in [-0.1, -0.05) is 0 Å². The van der Waals surface area contributed by atoms with Gasteiger partial charge in [-0.2, -0.15) is 0 Å². The van der Waals surface area contributed by atoms with Crippen LogP contribution < -0.4 is 9.47 Å². The van der Waals surface area contributed by atoms with E-state index in [9.17, 15) is 4.79 Å². The maximum Gasteiger partial charge on any atom is 0.357 e. The number of rotatable bonds is 4. The van der Waals surface area contributed by atoms with Crippen LogP contribution in [0.15, 0.2) is 17.5 Å². The second-order valence-electron chi connectivity index (χ2n) is 4.04. The third-order valence-corrected chi connectivity index (χ3v) is 3.79. The third kappa shape index (κ3) is 2.60. The number of carbonyl (C=O) groups excluding carboxylic acids is 1. The Labute approximate surface area is 121 Å². The maximum absolute atomic E-state index is 11.4. The molecule has 6 heteroatoms. The minimum absolute atomic E-state index is 0.297. The van der Waals surface area contributed by atoms with E-state index in [2.05, 4.69) is 9.72 Å². The Hall–Kier alpha value is -2.08. The van der Waals surface area contributed by atoms with Crippen molar-refractivity contribution in [2.75, 3.05) is 21.3 Å². The van der Waals surface area contributed by atoms with E-state index >= 15 is 0 Å². The summed E-state index contributed by atoms with van der Waals surface area (Å²) in [5, 5.41) is 2.38. The summed E-state index contributed by atoms with van der Waals surface area (Å²) < 4.78 is 15.3. The van der Waals surface area contributed by atoms with E-state index in [0.29, 0.717) is 22.2 Å². The molecular formula is C14H15NO4S. The van der Waals surface area contributed by atoms with E-state index in [-0.39, 0.29) is 0 Å². The number of hydrogen-bond donors (Lipinski definition) is 0. The number of benzene rings is 1. The van der Waals surface area contributed by atoms with Crippen molar-refractivity contribution in [2.24, 2.45) is 0 Å². The molecule has 0 amide bonds. The van der Waals surface area contributed by atoms with Crippen molar-refractivity contribution < 1.29 is 19.0 Å². The second-order valence-corrected chi connectivity index (χ2v) is 4.89. The topological polar surface area (TPSA) is 57.7 Å². The molecule has 0 bridgehead atoms. The van der Waals surface area contributed by atoms with Gasteiger partial charge in [0.05, 0.1) is 21.3 Å². The van der Waals surface area contributed by atoms with Crippen LogP contribution in [0.4, 0.5) is 0 Å². The summed E-state index contributed by atoms with van der Waals surface area (Å²) in [5.41, 5.74) is 2.05. The molecular weight excluding hydrogens is 278 g/mol. The summed E-state index contributed by atoms with van der Waals surface area (Å²) in [6.45, 7) is 1.92. The van der Waals surface area contributed by atoms with Crippen molar-refractivity contribution >= 4 is 17.3 Å². The molecule has 0 spiro atoms. The van der Waals surface area contributed by atoms with Crippen LogP contribution in [-0.4, -0.2) is 32.3 Å². The van der Waals surface area contributed by atoms with Crippen LogP contribution in [0, 0.1) is 6.92 Å². The van der Waals surface area contributed by atoms with Crippen LogP contribution in [-0.2, 0) is 4.74 Å². The SMILES string of the molecule is COC(=O)c1csc(-c2cc(OC)c(C)c(OC)c2)n1. The highest BCUT2D eigenvalue weighted by atomic mass is 32.1. The van der Waals surface area contributed by atoms with Gasteiger partial charge in [0.1, 0.15) is 16.5 Å². The predicted molar refractivity (Wildman–Crippen MR) is 76.7 cm³/mol. The lowest BCUT2D eigenvalue weighted by atomic mass is 10.1. The number of hydrogen-bond acceptors (Lipinski definition) is 6. The molecule has 0 radical (unpaired) electrons. The molecule has 5 nitrogen and oxygen atoms in total. The second kappa shape index (κ2) is 5.92. The number of aromatic nitrogens is 1. The number of nitrogens with zero attached hydrogens (tertiary/aromatic N) is 1. The largest absolute Gasteiger partial charge is 0.496 e. The van der Waals surface area contributed by atoms with Gasteiger partial charge >= 0.3 is 5.97 Å². The van der Waals surface area contributed by atoms with Crippen molar-refractivity contribution in [2.45, 2.75) is 6.92 Å². The molecule has 0 aliphatic carbocycles. The molecule has 0 aliphatic heterocycles. The highest BCUT2D eigenvalue weighted by Crippen LogP contribution is 2.35. The predicted octanol–water partition coefficient (Wildman–Crippen LogP) is 2.92. The van der Waals surface area contributed by atoms with Crippen LogP contribution in [0.2, 0.25) is 0 Å². The Balaban J connectivity index is 2.47. The van der Waals surface area contributed by atoms with Crippen LogP contribution in [0.3, 0.4) is 0 Å². The fourth-order valence-electron chi connectivity index (χ4n) is 1.81. The van der Waals surface area contributed by atoms with Gasteiger partial charge in [0.25, 0.3) is 0 Å². The summed E-state index contributed by atoms with van der Waals surface area (Å²) in [7, 11) is 4.54. The van der Waals surface area contributed by atoms with Crippen LogP contribution in [0.1, 0.15) is 16.1 Å². The lowest BCUT2D eigenvalue weighted by Gasteiger charge is -2.11. The van der Waals surface area contributed by atoms with Crippen LogP contribution in [0.5, 0.6) is 11.5 Å². The van der Waals surface area contributed by atoms with Crippen LogP contribution in [0.25, 0.3) is 10.6 Å². The summed E-state index contributed by atoms with van der Waals surface area (Å²) >= 11 is 1.37. The Morgan fingerprint density at radius 1 is 1.15 bits per heavy atom. The zero-order chi connectivity index (χ0) is 14.7. The summed E-state index contributed by atoms with van der Waals surface area (Å²) in [6.07, 6.45) is 0. The first kappa shape index (κ1) is 14.3. The van der Waals surface area contributed by atoms with E-state index in [1.54, 1.807) is 19.6 Å². The fraction of sp³-hybridized carbons (Fsp3) is 0.286. The van der Waals surface area contributed by atoms with Gasteiger partial charge in [0, 0.05) is 16.5 Å². The van der Waals surface area contributed by atoms with Crippen molar-refractivity contribution in [1.82, 2.24) is 4.98 Å². The molecule has 1 aromatic heterocycles. The molecule has 0 saturated heterocycles. The van der Waals surface area contributed by atoms with Gasteiger partial charge < -0.3 is 14.2 Å². The van der Waals surface area contributed by atoms with Crippen molar-refractivity contribution in [3.8, 4) is 22.1 Å². The maximum atomic E-state index is 11.4. The average molecular weight is 293 g/mol. The molecule has 0 aliphatic rings. The summed E-state index contributed by atoms with van der Waals surface area (Å²) in [6, 6.07) is 3.75. The molecule has 2 rings (SSSR count). The van der Waals surface area contributed by atoms with Crippen LogP contribution >= 0.6 is 11.3 Å². The highest BCUT2D eigenvalue weighted by molar-refractivity contribution is 7.13. The number of carbonyl (C=O) groups is 1. The van der Waals surface area contributed by atoms with Gasteiger partial charge in [-0.25, -0.2) is 9.78 Å². The quantitative estimate of drug-likeness (QED) is 0.811. The average Bonchev–Trinajstić information content (AvgIpc) is 2.96. The number of thiazole rings is 1. The standard InChI is InChI=1S/C14H15NO4S/c1-8-11(17-2)5-9(6-12(8)18-3)13-15-10(7-20-13)14(16)19-4/h5-7H,1-4H3. The van der Waals surface area contributed by atoms with Crippen molar-refractivity contribution in [3.05, 3.63) is 28.8 Å². The number of ether oxygens (including phenoxy) is 3. The Kier molecular flexibility index (Phi) is 4.24. The van der Waals surface area contributed by atoms with E-state index in [4.69, 9.17) is 9.47 Å². The Morgan fingerprint density at radius 2 is 1.75 bits per heavy atom. The first-order valence-electron chi connectivity index (χ1n) is 5.87. The Morgan fingerprint density at radius 3 is 2.25 bits per heavy atom. The minimum Gasteiger partial charge on any atom is -0.496 e. The monoisotopic (exact) mass is 293 g/mol. The normalized spacial score (nSPS) is 10.2. The van der Waals surface area contributed by atoms with Gasteiger partial charge in [0.2, 0.25) is 0 Å². The molecule has 106 valence electrons. The number of methoxy groups -OCH3 is 3. The minimum atomic E-state index is -0.446. The van der Waals surface area contributed by atoms with E-state index < -0.39 is 5.97 Å². The van der Waals surface area contributed by atoms with Crippen molar-refractivity contribution in [3.63, 3.8) is 0 Å². The van der Waals surface area contributed by atoms with E-state index in [1.165, 1.54) is 18.4 Å². The molecule has 0 unspecified atom stereocenters. The van der Waals surface area contributed by atoms with Gasteiger partial charge in [0.15, 0.2) is 5.69 Å². The Bertz CT molecular complexity index is 611. The molecule has 0 atom stereocenters. The van der Waals surface area contributed by atoms with Crippen molar-refractivity contribution in [1.29, 1.82) is 0 Å². The van der Waals surface area contributed by atoms with E-state index in [0.717, 1.165) is 11.1 Å². The molecule has 0 fully saturated rings. The first-order chi connectivity index (χ1) is 9.60. The molecule has 0 saturated carbocycles. The fourth-order valence-corrected chi connectivity index (χ4v) is 2.59. The van der Waals surface area contributed by atoms with Gasteiger partial charge in [-0.15, -0.1) is 11.3 Å². The number of esters is 1. The summed E-state index contributed by atoms with van der Waals surface area (Å²) in [4.78, 5) is 15.7. The lowest BCUT2D eigenvalue weighted by Crippen LogP contribution is -2.01. The molecule has 0 N–H and O–H groups in total. The molecule has 2 aromatic rings. The first-order valence-corrected chi connectivity index (χ1v) is 6.75.